The van der Waals surface area contributed by atoms with Crippen molar-refractivity contribution < 1.29 is 22.6 Å². The summed E-state index contributed by atoms with van der Waals surface area (Å²) >= 11 is 5.48. The van der Waals surface area contributed by atoms with E-state index in [1.807, 2.05) is 4.90 Å². The summed E-state index contributed by atoms with van der Waals surface area (Å²) in [5, 5.41) is 7.67. The molecular weight excluding hydrogens is 371 g/mol. The Bertz CT molecular complexity index is 606. The summed E-state index contributed by atoms with van der Waals surface area (Å²) in [6, 6.07) is -0.412. The van der Waals surface area contributed by atoms with Crippen LogP contribution in [0.15, 0.2) is 6.33 Å². The molecule has 0 spiro atoms. The zero-order valence-corrected chi connectivity index (χ0v) is 15.1. The lowest BCUT2D eigenvalue weighted by atomic mass is 10.1. The summed E-state index contributed by atoms with van der Waals surface area (Å²) in [6.45, 7) is 1.49. The minimum atomic E-state index is -4.34. The highest BCUT2D eigenvalue weighted by Gasteiger charge is 2.32. The first kappa shape index (κ1) is 19.3. The second kappa shape index (κ2) is 8.49. The summed E-state index contributed by atoms with van der Waals surface area (Å²) in [4.78, 5) is 5.89. The first-order chi connectivity index (χ1) is 12.4. The summed E-state index contributed by atoms with van der Waals surface area (Å²) < 4.78 is 49.4. The molecule has 0 radical (unpaired) electrons. The normalized spacial score (nSPS) is 24.5. The zero-order valence-electron chi connectivity index (χ0n) is 14.2. The van der Waals surface area contributed by atoms with Crippen LogP contribution >= 0.6 is 12.2 Å². The van der Waals surface area contributed by atoms with Crippen LogP contribution in [0, 0.1) is 0 Å². The lowest BCUT2D eigenvalue weighted by molar-refractivity contribution is -0.142. The molecule has 0 saturated carbocycles. The van der Waals surface area contributed by atoms with Crippen molar-refractivity contribution in [3.05, 3.63) is 12.2 Å². The van der Waals surface area contributed by atoms with Crippen molar-refractivity contribution >= 4 is 17.3 Å². The largest absolute Gasteiger partial charge is 0.408 e. The third-order valence-corrected chi connectivity index (χ3v) is 4.72. The van der Waals surface area contributed by atoms with Gasteiger partial charge in [0, 0.05) is 19.7 Å². The van der Waals surface area contributed by atoms with Crippen molar-refractivity contribution in [2.45, 2.75) is 44.1 Å². The van der Waals surface area contributed by atoms with E-state index in [1.54, 1.807) is 0 Å². The maximum Gasteiger partial charge on any atom is 0.408 e. The van der Waals surface area contributed by atoms with Crippen molar-refractivity contribution in [2.24, 2.45) is 0 Å². The van der Waals surface area contributed by atoms with Gasteiger partial charge in [-0.3, -0.25) is 0 Å². The number of nitrogens with one attached hydrogen (secondary N) is 1. The molecule has 0 bridgehead atoms. The van der Waals surface area contributed by atoms with Crippen molar-refractivity contribution in [1.29, 1.82) is 0 Å². The van der Waals surface area contributed by atoms with Gasteiger partial charge >= 0.3 is 6.18 Å². The van der Waals surface area contributed by atoms with Gasteiger partial charge in [0.25, 0.3) is 0 Å². The quantitative estimate of drug-likeness (QED) is 0.781. The number of nitrogens with zero attached hydrogens (tertiary/aromatic N) is 4. The van der Waals surface area contributed by atoms with E-state index in [-0.39, 0.29) is 18.5 Å². The Labute approximate surface area is 154 Å². The smallest absolute Gasteiger partial charge is 0.377 e. The van der Waals surface area contributed by atoms with Crippen LogP contribution < -0.4 is 5.32 Å². The average molecular weight is 393 g/mol. The molecular formula is C15H22F3N5O2S. The van der Waals surface area contributed by atoms with E-state index >= 15 is 0 Å². The molecule has 26 heavy (non-hydrogen) atoms. The monoisotopic (exact) mass is 393 g/mol. The first-order valence-corrected chi connectivity index (χ1v) is 9.03. The van der Waals surface area contributed by atoms with Gasteiger partial charge in [-0.2, -0.15) is 18.3 Å². The van der Waals surface area contributed by atoms with E-state index in [4.69, 9.17) is 21.7 Å². The zero-order chi connectivity index (χ0) is 18.6. The van der Waals surface area contributed by atoms with Gasteiger partial charge in [0.15, 0.2) is 10.9 Å². The number of aromatic nitrogens is 3. The molecule has 1 aromatic rings. The summed E-state index contributed by atoms with van der Waals surface area (Å²) in [5.74, 6) is 0.270. The number of ether oxygens (including phenoxy) is 2. The molecule has 0 amide bonds. The van der Waals surface area contributed by atoms with Crippen LogP contribution in [0.3, 0.4) is 0 Å². The summed E-state index contributed by atoms with van der Waals surface area (Å²) in [6.07, 6.45) is 0.0849. The molecule has 2 aliphatic rings. The van der Waals surface area contributed by atoms with E-state index in [2.05, 4.69) is 15.4 Å². The molecule has 2 saturated heterocycles. The Morgan fingerprint density at radius 1 is 1.35 bits per heavy atom. The highest BCUT2D eigenvalue weighted by Crippen LogP contribution is 2.23. The standard InChI is InChI=1S/C15H22F3N5O2S/c16-15(17,18)9-22-10-20-13(21-22)12-8-24-6-4-23(12)14(26)19-7-11-3-1-2-5-25-11/h10-12H,1-9H2,(H,19,26). The van der Waals surface area contributed by atoms with Gasteiger partial charge in [0.05, 0.1) is 19.3 Å². The number of halogens is 3. The van der Waals surface area contributed by atoms with E-state index in [0.717, 1.165) is 36.9 Å². The van der Waals surface area contributed by atoms with Gasteiger partial charge < -0.3 is 19.7 Å². The van der Waals surface area contributed by atoms with Gasteiger partial charge in [0.1, 0.15) is 18.9 Å². The predicted molar refractivity (Wildman–Crippen MR) is 90.5 cm³/mol. The highest BCUT2D eigenvalue weighted by molar-refractivity contribution is 7.80. The molecule has 7 nitrogen and oxygen atoms in total. The molecule has 11 heteroatoms. The minimum Gasteiger partial charge on any atom is -0.377 e. The van der Waals surface area contributed by atoms with Gasteiger partial charge in [0.2, 0.25) is 0 Å². The molecule has 146 valence electrons. The highest BCUT2D eigenvalue weighted by atomic mass is 32.1. The number of hydrogen-bond acceptors (Lipinski definition) is 5. The van der Waals surface area contributed by atoms with Crippen LogP contribution in [-0.4, -0.2) is 70.0 Å². The fourth-order valence-corrected chi connectivity index (χ4v) is 3.36. The lowest BCUT2D eigenvalue weighted by Gasteiger charge is -2.36. The third-order valence-electron chi connectivity index (χ3n) is 4.34. The van der Waals surface area contributed by atoms with E-state index < -0.39 is 18.8 Å². The van der Waals surface area contributed by atoms with Crippen LogP contribution in [-0.2, 0) is 16.0 Å². The van der Waals surface area contributed by atoms with E-state index in [9.17, 15) is 13.2 Å². The van der Waals surface area contributed by atoms with Crippen molar-refractivity contribution in [3.63, 3.8) is 0 Å². The van der Waals surface area contributed by atoms with Gasteiger partial charge in [-0.25, -0.2) is 9.67 Å². The summed E-state index contributed by atoms with van der Waals surface area (Å²) in [5.41, 5.74) is 0. The minimum absolute atomic E-state index is 0.130. The summed E-state index contributed by atoms with van der Waals surface area (Å²) in [7, 11) is 0. The second-order valence-electron chi connectivity index (χ2n) is 6.37. The molecule has 3 heterocycles. The fourth-order valence-electron chi connectivity index (χ4n) is 3.05. The molecule has 3 rings (SSSR count). The molecule has 0 aromatic carbocycles. The average Bonchev–Trinajstić information content (AvgIpc) is 3.07. The molecule has 0 aliphatic carbocycles. The molecule has 2 unspecified atom stereocenters. The number of morpholine rings is 1. The Balaban J connectivity index is 1.61. The SMILES string of the molecule is FC(F)(F)Cn1cnc(C2COCCN2C(=S)NCC2CCCCO2)n1. The van der Waals surface area contributed by atoms with Gasteiger partial charge in [-0.15, -0.1) is 0 Å². The molecule has 2 fully saturated rings. The molecule has 2 aliphatic heterocycles. The second-order valence-corrected chi connectivity index (χ2v) is 6.76. The Kier molecular flexibility index (Phi) is 6.30. The number of rotatable bonds is 4. The topological polar surface area (TPSA) is 64.4 Å². The van der Waals surface area contributed by atoms with Gasteiger partial charge in [-0.1, -0.05) is 0 Å². The van der Waals surface area contributed by atoms with E-state index in [1.165, 1.54) is 0 Å². The Morgan fingerprint density at radius 3 is 2.92 bits per heavy atom. The van der Waals surface area contributed by atoms with Crippen LogP contribution in [0.1, 0.15) is 31.1 Å². The molecule has 1 aromatic heterocycles. The molecule has 1 N–H and O–H groups in total. The van der Waals surface area contributed by atoms with Crippen molar-refractivity contribution in [2.75, 3.05) is 32.9 Å². The first-order valence-electron chi connectivity index (χ1n) is 8.62. The molecule has 2 atom stereocenters. The van der Waals surface area contributed by atoms with Crippen LogP contribution in [0.5, 0.6) is 0 Å². The van der Waals surface area contributed by atoms with Crippen molar-refractivity contribution in [3.8, 4) is 0 Å². The van der Waals surface area contributed by atoms with Crippen LogP contribution in [0.2, 0.25) is 0 Å². The Hall–Kier alpha value is -1.46. The van der Waals surface area contributed by atoms with E-state index in [0.29, 0.717) is 24.8 Å². The predicted octanol–water partition coefficient (Wildman–Crippen LogP) is 1.66. The van der Waals surface area contributed by atoms with Crippen LogP contribution in [0.25, 0.3) is 0 Å². The van der Waals surface area contributed by atoms with Crippen molar-refractivity contribution in [1.82, 2.24) is 25.0 Å². The third kappa shape index (κ3) is 5.27. The number of hydrogen-bond donors (Lipinski definition) is 1. The van der Waals surface area contributed by atoms with Crippen LogP contribution in [0.4, 0.5) is 13.2 Å². The lowest BCUT2D eigenvalue weighted by Crippen LogP contribution is -2.50. The number of alkyl halides is 3. The number of thiocarbonyl (C=S) groups is 1. The maximum absolute atomic E-state index is 12.5. The Morgan fingerprint density at radius 2 is 2.19 bits per heavy atom. The fraction of sp³-hybridized carbons (Fsp3) is 0.800. The van der Waals surface area contributed by atoms with Gasteiger partial charge in [-0.05, 0) is 31.5 Å². The maximum atomic E-state index is 12.5.